The Morgan fingerprint density at radius 3 is 2.53 bits per heavy atom. The number of benzene rings is 1. The van der Waals surface area contributed by atoms with Crippen molar-refractivity contribution in [1.29, 1.82) is 0 Å². The molecule has 1 aromatic heterocycles. The van der Waals surface area contributed by atoms with Gasteiger partial charge in [0.2, 0.25) is 0 Å². The second-order valence-electron chi connectivity index (χ2n) is 4.71. The minimum absolute atomic E-state index is 0.543. The van der Waals surface area contributed by atoms with Crippen molar-refractivity contribution in [3.8, 4) is 0 Å². The molecular formula is C16H21N3. The standard InChI is InChI=1S/C16H21N3/c1-4-19(15-8-6-5-7-12(15)2)16-10-14(11-17)9-13(3)18-16/h5-10H,4,11,17H2,1-3H3. The molecule has 0 fully saturated rings. The van der Waals surface area contributed by atoms with Gasteiger partial charge >= 0.3 is 0 Å². The van der Waals surface area contributed by atoms with E-state index in [0.717, 1.165) is 23.6 Å². The molecule has 0 spiro atoms. The van der Waals surface area contributed by atoms with Gasteiger partial charge in [-0.05, 0) is 50.1 Å². The SMILES string of the molecule is CCN(c1cc(CN)cc(C)n1)c1ccccc1C. The lowest BCUT2D eigenvalue weighted by Crippen LogP contribution is -2.19. The zero-order valence-corrected chi connectivity index (χ0v) is 11.9. The minimum atomic E-state index is 0.543. The molecule has 0 unspecified atom stereocenters. The first-order valence-electron chi connectivity index (χ1n) is 6.66. The smallest absolute Gasteiger partial charge is 0.133 e. The summed E-state index contributed by atoms with van der Waals surface area (Å²) in [5.41, 5.74) is 10.3. The Bertz CT molecular complexity index is 564. The van der Waals surface area contributed by atoms with Gasteiger partial charge < -0.3 is 10.6 Å². The van der Waals surface area contributed by atoms with Crippen LogP contribution < -0.4 is 10.6 Å². The largest absolute Gasteiger partial charge is 0.326 e. The zero-order valence-electron chi connectivity index (χ0n) is 11.9. The molecule has 2 N–H and O–H groups in total. The van der Waals surface area contributed by atoms with Crippen LogP contribution in [0.15, 0.2) is 36.4 Å². The molecule has 19 heavy (non-hydrogen) atoms. The number of nitrogens with two attached hydrogens (primary N) is 1. The van der Waals surface area contributed by atoms with Crippen LogP contribution in [-0.4, -0.2) is 11.5 Å². The molecule has 0 aliphatic carbocycles. The highest BCUT2D eigenvalue weighted by Crippen LogP contribution is 2.27. The van der Waals surface area contributed by atoms with Crippen LogP contribution in [0.5, 0.6) is 0 Å². The van der Waals surface area contributed by atoms with Gasteiger partial charge in [0, 0.05) is 24.5 Å². The van der Waals surface area contributed by atoms with Crippen LogP contribution in [0.1, 0.15) is 23.7 Å². The molecule has 0 saturated heterocycles. The lowest BCUT2D eigenvalue weighted by molar-refractivity contribution is 0.956. The molecule has 0 aliphatic rings. The van der Waals surface area contributed by atoms with E-state index in [1.165, 1.54) is 11.3 Å². The van der Waals surface area contributed by atoms with Crippen molar-refractivity contribution in [1.82, 2.24) is 4.98 Å². The quantitative estimate of drug-likeness (QED) is 0.911. The number of pyridine rings is 1. The number of hydrogen-bond acceptors (Lipinski definition) is 3. The number of anilines is 2. The second kappa shape index (κ2) is 5.85. The molecule has 0 radical (unpaired) electrons. The normalized spacial score (nSPS) is 10.5. The molecule has 0 saturated carbocycles. The van der Waals surface area contributed by atoms with Gasteiger partial charge in [0.15, 0.2) is 0 Å². The van der Waals surface area contributed by atoms with Gasteiger partial charge in [-0.3, -0.25) is 0 Å². The lowest BCUT2D eigenvalue weighted by atomic mass is 10.1. The summed E-state index contributed by atoms with van der Waals surface area (Å²) in [5.74, 6) is 0.970. The summed E-state index contributed by atoms with van der Waals surface area (Å²) >= 11 is 0. The van der Waals surface area contributed by atoms with Crippen molar-refractivity contribution < 1.29 is 0 Å². The van der Waals surface area contributed by atoms with Crippen molar-refractivity contribution in [3.63, 3.8) is 0 Å². The molecule has 0 atom stereocenters. The number of aromatic nitrogens is 1. The summed E-state index contributed by atoms with van der Waals surface area (Å²) < 4.78 is 0. The molecule has 3 heteroatoms. The molecule has 2 aromatic rings. The number of aryl methyl sites for hydroxylation is 2. The fraction of sp³-hybridized carbons (Fsp3) is 0.312. The Labute approximate surface area is 115 Å². The van der Waals surface area contributed by atoms with Crippen LogP contribution in [0.3, 0.4) is 0 Å². The first-order valence-corrected chi connectivity index (χ1v) is 6.66. The van der Waals surface area contributed by atoms with E-state index in [0.29, 0.717) is 6.54 Å². The third-order valence-corrected chi connectivity index (χ3v) is 3.23. The molecule has 100 valence electrons. The highest BCUT2D eigenvalue weighted by Gasteiger charge is 2.11. The highest BCUT2D eigenvalue weighted by molar-refractivity contribution is 5.64. The molecule has 0 aliphatic heterocycles. The van der Waals surface area contributed by atoms with Gasteiger partial charge in [0.25, 0.3) is 0 Å². The van der Waals surface area contributed by atoms with Gasteiger partial charge in [-0.15, -0.1) is 0 Å². The molecule has 1 aromatic carbocycles. The van der Waals surface area contributed by atoms with Crippen LogP contribution in [0, 0.1) is 13.8 Å². The van der Waals surface area contributed by atoms with Gasteiger partial charge in [0.1, 0.15) is 5.82 Å². The third-order valence-electron chi connectivity index (χ3n) is 3.23. The number of nitrogens with zero attached hydrogens (tertiary/aromatic N) is 2. The summed E-state index contributed by atoms with van der Waals surface area (Å²) in [7, 11) is 0. The fourth-order valence-electron chi connectivity index (χ4n) is 2.30. The first-order chi connectivity index (χ1) is 9.15. The van der Waals surface area contributed by atoms with E-state index in [-0.39, 0.29) is 0 Å². The summed E-state index contributed by atoms with van der Waals surface area (Å²) in [6.45, 7) is 7.69. The third kappa shape index (κ3) is 2.93. The van der Waals surface area contributed by atoms with Crippen molar-refractivity contribution in [2.24, 2.45) is 5.73 Å². The summed E-state index contributed by atoms with van der Waals surface area (Å²) in [6, 6.07) is 12.5. The average molecular weight is 255 g/mol. The minimum Gasteiger partial charge on any atom is -0.326 e. The van der Waals surface area contributed by atoms with Gasteiger partial charge in [0.05, 0.1) is 0 Å². The topological polar surface area (TPSA) is 42.1 Å². The Morgan fingerprint density at radius 1 is 1.16 bits per heavy atom. The Kier molecular flexibility index (Phi) is 4.17. The van der Waals surface area contributed by atoms with E-state index in [1.54, 1.807) is 0 Å². The van der Waals surface area contributed by atoms with Crippen molar-refractivity contribution in [2.75, 3.05) is 11.4 Å². The predicted octanol–water partition coefficient (Wildman–Crippen LogP) is 3.32. The second-order valence-corrected chi connectivity index (χ2v) is 4.71. The van der Waals surface area contributed by atoms with Gasteiger partial charge in [-0.1, -0.05) is 18.2 Å². The zero-order chi connectivity index (χ0) is 13.8. The van der Waals surface area contributed by atoms with E-state index in [9.17, 15) is 0 Å². The summed E-state index contributed by atoms with van der Waals surface area (Å²) in [5, 5.41) is 0. The lowest BCUT2D eigenvalue weighted by Gasteiger charge is -2.24. The molecular weight excluding hydrogens is 234 g/mol. The maximum atomic E-state index is 5.75. The van der Waals surface area contributed by atoms with Crippen LogP contribution >= 0.6 is 0 Å². The molecule has 2 rings (SSSR count). The van der Waals surface area contributed by atoms with Crippen LogP contribution in [-0.2, 0) is 6.54 Å². The summed E-state index contributed by atoms with van der Waals surface area (Å²) in [6.07, 6.45) is 0. The summed E-state index contributed by atoms with van der Waals surface area (Å²) in [4.78, 5) is 6.86. The average Bonchev–Trinajstić information content (AvgIpc) is 2.41. The fourth-order valence-corrected chi connectivity index (χ4v) is 2.30. The molecule has 1 heterocycles. The monoisotopic (exact) mass is 255 g/mol. The molecule has 0 amide bonds. The van der Waals surface area contributed by atoms with Crippen molar-refractivity contribution >= 4 is 11.5 Å². The number of para-hydroxylation sites is 1. The van der Waals surface area contributed by atoms with E-state index in [4.69, 9.17) is 5.73 Å². The van der Waals surface area contributed by atoms with Gasteiger partial charge in [-0.25, -0.2) is 4.98 Å². The number of hydrogen-bond donors (Lipinski definition) is 1. The Morgan fingerprint density at radius 2 is 1.89 bits per heavy atom. The van der Waals surface area contributed by atoms with Gasteiger partial charge in [-0.2, -0.15) is 0 Å². The van der Waals surface area contributed by atoms with Crippen LogP contribution in [0.25, 0.3) is 0 Å². The molecule has 0 bridgehead atoms. The van der Waals surface area contributed by atoms with E-state index >= 15 is 0 Å². The Balaban J connectivity index is 2.48. The Hall–Kier alpha value is -1.87. The predicted molar refractivity (Wildman–Crippen MR) is 80.7 cm³/mol. The molecule has 3 nitrogen and oxygen atoms in total. The maximum Gasteiger partial charge on any atom is 0.133 e. The van der Waals surface area contributed by atoms with Crippen LogP contribution in [0.4, 0.5) is 11.5 Å². The highest BCUT2D eigenvalue weighted by atomic mass is 15.2. The van der Waals surface area contributed by atoms with E-state index in [1.807, 2.05) is 13.0 Å². The van der Waals surface area contributed by atoms with Crippen molar-refractivity contribution in [3.05, 3.63) is 53.2 Å². The van der Waals surface area contributed by atoms with Crippen molar-refractivity contribution in [2.45, 2.75) is 27.3 Å². The van der Waals surface area contributed by atoms with Crippen LogP contribution in [0.2, 0.25) is 0 Å². The van der Waals surface area contributed by atoms with E-state index in [2.05, 4.69) is 54.1 Å². The first kappa shape index (κ1) is 13.6. The van der Waals surface area contributed by atoms with E-state index < -0.39 is 0 Å². The number of rotatable bonds is 4. The maximum absolute atomic E-state index is 5.75.